The first kappa shape index (κ1) is 18.9. The van der Waals surface area contributed by atoms with E-state index in [1.165, 1.54) is 18.9 Å². The highest BCUT2D eigenvalue weighted by Crippen LogP contribution is 2.22. The summed E-state index contributed by atoms with van der Waals surface area (Å²) < 4.78 is 4.76. The first-order valence-electron chi connectivity index (χ1n) is 8.12. The van der Waals surface area contributed by atoms with Gasteiger partial charge in [-0.05, 0) is 11.4 Å². The number of thioether (sulfide) groups is 1. The Morgan fingerprint density at radius 1 is 1.27 bits per heavy atom. The van der Waals surface area contributed by atoms with Crippen LogP contribution in [0, 0.1) is 0 Å². The molecule has 0 spiro atoms. The second-order valence-electron chi connectivity index (χ2n) is 5.90. The van der Waals surface area contributed by atoms with E-state index in [1.54, 1.807) is 11.3 Å². The maximum atomic E-state index is 12.5. The summed E-state index contributed by atoms with van der Waals surface area (Å²) in [7, 11) is 1.33. The quantitative estimate of drug-likeness (QED) is 0.395. The van der Waals surface area contributed by atoms with Crippen molar-refractivity contribution in [3.8, 4) is 0 Å². The van der Waals surface area contributed by atoms with Gasteiger partial charge in [-0.25, -0.2) is 9.69 Å². The summed E-state index contributed by atoms with van der Waals surface area (Å²) in [6.45, 7) is 1.18. The molecule has 3 rings (SSSR count). The van der Waals surface area contributed by atoms with Gasteiger partial charge < -0.3 is 4.74 Å². The van der Waals surface area contributed by atoms with Gasteiger partial charge in [-0.2, -0.15) is 0 Å². The third-order valence-electron chi connectivity index (χ3n) is 4.25. The fourth-order valence-electron chi connectivity index (χ4n) is 2.85. The minimum absolute atomic E-state index is 0.00691. The number of imide groups is 2. The van der Waals surface area contributed by atoms with E-state index in [0.29, 0.717) is 25.3 Å². The van der Waals surface area contributed by atoms with Gasteiger partial charge in [-0.15, -0.1) is 23.1 Å². The molecule has 0 aliphatic carbocycles. The van der Waals surface area contributed by atoms with Gasteiger partial charge in [-0.1, -0.05) is 6.07 Å². The van der Waals surface area contributed by atoms with E-state index in [2.05, 4.69) is 0 Å². The Hall–Kier alpha value is -1.91. The van der Waals surface area contributed by atoms with E-state index < -0.39 is 17.8 Å². The summed E-state index contributed by atoms with van der Waals surface area (Å²) in [5.41, 5.74) is 0. The van der Waals surface area contributed by atoms with Crippen LogP contribution in [-0.4, -0.2) is 82.9 Å². The molecular weight excluding hydrogens is 378 g/mol. The second-order valence-corrected chi connectivity index (χ2v) is 8.25. The van der Waals surface area contributed by atoms with Gasteiger partial charge in [0.05, 0.1) is 13.8 Å². The van der Waals surface area contributed by atoms with Crippen molar-refractivity contribution in [2.45, 2.75) is 11.7 Å². The lowest BCUT2D eigenvalue weighted by molar-refractivity contribution is -0.144. The summed E-state index contributed by atoms with van der Waals surface area (Å²) >= 11 is 3.03. The molecule has 0 bridgehead atoms. The van der Waals surface area contributed by atoms with Gasteiger partial charge in [0.1, 0.15) is 5.25 Å². The highest BCUT2D eigenvalue weighted by atomic mass is 32.2. The number of carbonyl (C=O) groups is 4. The molecule has 2 aliphatic heterocycles. The number of urea groups is 1. The summed E-state index contributed by atoms with van der Waals surface area (Å²) in [5.74, 6) is -1.24. The molecule has 2 aliphatic rings. The molecule has 140 valence electrons. The third kappa shape index (κ3) is 3.92. The molecule has 0 radical (unpaired) electrons. The molecule has 0 saturated carbocycles. The van der Waals surface area contributed by atoms with Crippen molar-refractivity contribution in [2.75, 3.05) is 39.2 Å². The normalized spacial score (nSPS) is 21.6. The van der Waals surface area contributed by atoms with Crippen LogP contribution >= 0.6 is 23.1 Å². The number of hydrogen-bond acceptors (Lipinski definition) is 8. The average Bonchev–Trinajstić information content (AvgIpc) is 3.24. The first-order chi connectivity index (χ1) is 12.5. The topological polar surface area (TPSA) is 87.2 Å². The van der Waals surface area contributed by atoms with E-state index in [0.717, 1.165) is 14.7 Å². The molecule has 3 heterocycles. The van der Waals surface area contributed by atoms with Crippen LogP contribution in [0.15, 0.2) is 17.5 Å². The molecule has 8 nitrogen and oxygen atoms in total. The summed E-state index contributed by atoms with van der Waals surface area (Å²) in [4.78, 5) is 53.4. The predicted octanol–water partition coefficient (Wildman–Crippen LogP) is 0.629. The Kier molecular flexibility index (Phi) is 5.94. The van der Waals surface area contributed by atoms with Gasteiger partial charge in [-0.3, -0.25) is 24.2 Å². The van der Waals surface area contributed by atoms with Crippen LogP contribution < -0.4 is 0 Å². The number of thiophene rings is 1. The molecule has 1 aromatic heterocycles. The molecule has 0 aromatic carbocycles. The molecule has 26 heavy (non-hydrogen) atoms. The lowest BCUT2D eigenvalue weighted by Gasteiger charge is -2.32. The van der Waals surface area contributed by atoms with E-state index in [9.17, 15) is 19.2 Å². The van der Waals surface area contributed by atoms with Crippen LogP contribution in [0.25, 0.3) is 0 Å². The fraction of sp³-hybridized carbons (Fsp3) is 0.500. The van der Waals surface area contributed by atoms with Crippen LogP contribution in [0.3, 0.4) is 0 Å². The molecule has 4 amide bonds. The summed E-state index contributed by atoms with van der Waals surface area (Å²) in [6, 6.07) is 3.23. The standard InChI is InChI=1S/C16H19N3O5S2/c1-24-15(22)12-9-17(6-8-26-12)10-19-14(21)13(20)18(16(19)23)5-4-11-3-2-7-25-11/h2-3,7,12H,4-6,8-10H2,1H3/t12-/m1/s1. The number of esters is 1. The van der Waals surface area contributed by atoms with Crippen LogP contribution in [0.5, 0.6) is 0 Å². The van der Waals surface area contributed by atoms with Crippen molar-refractivity contribution < 1.29 is 23.9 Å². The van der Waals surface area contributed by atoms with Crippen molar-refractivity contribution in [3.05, 3.63) is 22.4 Å². The minimum Gasteiger partial charge on any atom is -0.468 e. The number of nitrogens with zero attached hydrogens (tertiary/aromatic N) is 3. The molecule has 1 atom stereocenters. The van der Waals surface area contributed by atoms with Gasteiger partial charge in [0, 0.05) is 36.7 Å². The highest BCUT2D eigenvalue weighted by Gasteiger charge is 2.45. The van der Waals surface area contributed by atoms with Crippen molar-refractivity contribution in [2.24, 2.45) is 0 Å². The van der Waals surface area contributed by atoms with Crippen molar-refractivity contribution >= 4 is 46.9 Å². The average molecular weight is 397 g/mol. The first-order valence-corrected chi connectivity index (χ1v) is 10.1. The SMILES string of the molecule is COC(=O)[C@H]1CN(CN2C(=O)C(=O)N(CCc3cccs3)C2=O)CCS1. The number of methoxy groups -OCH3 is 1. The molecule has 0 N–H and O–H groups in total. The smallest absolute Gasteiger partial charge is 0.335 e. The highest BCUT2D eigenvalue weighted by molar-refractivity contribution is 8.00. The predicted molar refractivity (Wildman–Crippen MR) is 96.7 cm³/mol. The Bertz CT molecular complexity index is 709. The lowest BCUT2D eigenvalue weighted by atomic mass is 10.3. The largest absolute Gasteiger partial charge is 0.468 e. The fourth-order valence-corrected chi connectivity index (χ4v) is 4.75. The van der Waals surface area contributed by atoms with Crippen LogP contribution in [0.4, 0.5) is 4.79 Å². The molecule has 0 unspecified atom stereocenters. The van der Waals surface area contributed by atoms with Gasteiger partial charge in [0.15, 0.2) is 0 Å². The number of rotatable bonds is 6. The van der Waals surface area contributed by atoms with Gasteiger partial charge in [0.2, 0.25) is 0 Å². The number of amides is 4. The summed E-state index contributed by atoms with van der Waals surface area (Å²) in [5, 5.41) is 1.57. The van der Waals surface area contributed by atoms with Crippen molar-refractivity contribution in [1.82, 2.24) is 14.7 Å². The Balaban J connectivity index is 1.61. The maximum Gasteiger partial charge on any atom is 0.335 e. The Labute approximate surface area is 159 Å². The van der Waals surface area contributed by atoms with Crippen LogP contribution in [-0.2, 0) is 25.5 Å². The molecule has 10 heteroatoms. The van der Waals surface area contributed by atoms with E-state index in [-0.39, 0.29) is 24.4 Å². The number of ether oxygens (including phenoxy) is 1. The number of carbonyl (C=O) groups excluding carboxylic acids is 4. The Morgan fingerprint density at radius 3 is 2.73 bits per heavy atom. The lowest BCUT2D eigenvalue weighted by Crippen LogP contribution is -2.49. The zero-order chi connectivity index (χ0) is 18.7. The molecule has 2 saturated heterocycles. The zero-order valence-corrected chi connectivity index (χ0v) is 15.9. The van der Waals surface area contributed by atoms with E-state index in [4.69, 9.17) is 4.74 Å². The minimum atomic E-state index is -0.811. The van der Waals surface area contributed by atoms with Crippen molar-refractivity contribution in [1.29, 1.82) is 0 Å². The maximum absolute atomic E-state index is 12.5. The third-order valence-corrected chi connectivity index (χ3v) is 6.35. The van der Waals surface area contributed by atoms with Gasteiger partial charge >= 0.3 is 23.8 Å². The van der Waals surface area contributed by atoms with Crippen molar-refractivity contribution in [3.63, 3.8) is 0 Å². The van der Waals surface area contributed by atoms with Crippen LogP contribution in [0.1, 0.15) is 4.88 Å². The summed E-state index contributed by atoms with van der Waals surface area (Å²) in [6.07, 6.45) is 0.529. The molecule has 1 aromatic rings. The van der Waals surface area contributed by atoms with Gasteiger partial charge in [0.25, 0.3) is 0 Å². The molecular formula is C16H19N3O5S2. The molecule has 2 fully saturated rings. The number of hydrogen-bond donors (Lipinski definition) is 0. The monoisotopic (exact) mass is 397 g/mol. The van der Waals surface area contributed by atoms with E-state index in [1.807, 2.05) is 22.4 Å². The van der Waals surface area contributed by atoms with Crippen LogP contribution in [0.2, 0.25) is 0 Å². The Morgan fingerprint density at radius 2 is 2.04 bits per heavy atom. The second kappa shape index (κ2) is 8.19. The van der Waals surface area contributed by atoms with E-state index >= 15 is 0 Å². The zero-order valence-electron chi connectivity index (χ0n) is 14.3.